The Bertz CT molecular complexity index is 1020. The third kappa shape index (κ3) is 4.36. The van der Waals surface area contributed by atoms with Gasteiger partial charge in [-0.2, -0.15) is 5.26 Å². The van der Waals surface area contributed by atoms with Gasteiger partial charge in [-0.05, 0) is 57.4 Å². The van der Waals surface area contributed by atoms with Crippen LogP contribution in [0.2, 0.25) is 0 Å². The molecule has 1 aliphatic heterocycles. The van der Waals surface area contributed by atoms with E-state index in [0.29, 0.717) is 37.4 Å². The summed E-state index contributed by atoms with van der Waals surface area (Å²) in [7, 11) is 1.54. The van der Waals surface area contributed by atoms with Gasteiger partial charge in [-0.15, -0.1) is 0 Å². The zero-order valence-electron chi connectivity index (χ0n) is 14.6. The Labute approximate surface area is 180 Å². The van der Waals surface area contributed by atoms with Gasteiger partial charge in [-0.3, -0.25) is 4.79 Å². The van der Waals surface area contributed by atoms with Crippen LogP contribution < -0.4 is 15.3 Å². The van der Waals surface area contributed by atoms with Crippen LogP contribution in [0.1, 0.15) is 16.7 Å². The second-order valence-corrected chi connectivity index (χ2v) is 8.21. The van der Waals surface area contributed by atoms with Gasteiger partial charge in [0.1, 0.15) is 6.61 Å². The van der Waals surface area contributed by atoms with Gasteiger partial charge in [0.2, 0.25) is 0 Å². The van der Waals surface area contributed by atoms with Crippen LogP contribution in [-0.2, 0) is 11.4 Å². The quantitative estimate of drug-likeness (QED) is 0.302. The molecule has 0 unspecified atom stereocenters. The molecule has 1 fully saturated rings. The maximum atomic E-state index is 12.1. The number of thioether (sulfide) groups is 1. The van der Waals surface area contributed by atoms with E-state index in [9.17, 15) is 4.79 Å². The van der Waals surface area contributed by atoms with Gasteiger partial charge in [-0.1, -0.05) is 36.1 Å². The summed E-state index contributed by atoms with van der Waals surface area (Å²) >= 11 is 9.67. The van der Waals surface area contributed by atoms with E-state index in [-0.39, 0.29) is 5.91 Å². The summed E-state index contributed by atoms with van der Waals surface area (Å²) in [5, 5.41) is 9.82. The number of ether oxygens (including phenoxy) is 2. The van der Waals surface area contributed by atoms with Crippen LogP contribution in [0.5, 0.6) is 11.5 Å². The topological polar surface area (TPSA) is 88.6 Å². The van der Waals surface area contributed by atoms with Crippen molar-refractivity contribution in [1.29, 1.82) is 5.26 Å². The largest absolute Gasteiger partial charge is 0.493 e. The molecule has 0 saturated carbocycles. The molecule has 0 bridgehead atoms. The van der Waals surface area contributed by atoms with Crippen LogP contribution in [-0.4, -0.2) is 22.3 Å². The van der Waals surface area contributed by atoms with Crippen molar-refractivity contribution >= 4 is 56.2 Å². The molecular formula is C19H14BrN3O3S2. The fourth-order valence-corrected chi connectivity index (χ4v) is 4.10. The number of carbonyl (C=O) groups excluding carboxylic acids is 1. The lowest BCUT2D eigenvalue weighted by atomic mass is 10.1. The number of rotatable bonds is 5. The monoisotopic (exact) mass is 475 g/mol. The normalized spacial score (nSPS) is 15.1. The average Bonchev–Trinajstić information content (AvgIpc) is 2.93. The van der Waals surface area contributed by atoms with Crippen molar-refractivity contribution in [2.45, 2.75) is 6.61 Å². The summed E-state index contributed by atoms with van der Waals surface area (Å²) < 4.78 is 12.3. The summed E-state index contributed by atoms with van der Waals surface area (Å²) in [5.74, 6) is 6.31. The molecule has 0 aliphatic carbocycles. The van der Waals surface area contributed by atoms with Crippen LogP contribution in [0.4, 0.5) is 0 Å². The minimum absolute atomic E-state index is 0.310. The van der Waals surface area contributed by atoms with Crippen LogP contribution in [0.15, 0.2) is 45.8 Å². The standard InChI is InChI=1S/C19H14BrN3O3S2/c1-25-15-7-13(8-16-18(24)23(22)19(27)28-16)6-14(20)17(15)26-10-12-4-2-11(9-21)3-5-12/h2-8H,10,22H2,1H3/b16-8-. The molecule has 9 heteroatoms. The van der Waals surface area contributed by atoms with Gasteiger partial charge in [0.05, 0.1) is 28.1 Å². The molecule has 3 rings (SSSR count). The lowest BCUT2D eigenvalue weighted by Gasteiger charge is -2.14. The minimum Gasteiger partial charge on any atom is -0.493 e. The fraction of sp³-hybridized carbons (Fsp3) is 0.105. The van der Waals surface area contributed by atoms with Gasteiger partial charge in [-0.25, -0.2) is 10.9 Å². The van der Waals surface area contributed by atoms with Crippen LogP contribution >= 0.6 is 39.9 Å². The number of hydrogen-bond acceptors (Lipinski definition) is 7. The Balaban J connectivity index is 1.82. The van der Waals surface area contributed by atoms with E-state index >= 15 is 0 Å². The van der Waals surface area contributed by atoms with Gasteiger partial charge >= 0.3 is 0 Å². The predicted molar refractivity (Wildman–Crippen MR) is 115 cm³/mol. The van der Waals surface area contributed by atoms with E-state index < -0.39 is 0 Å². The molecule has 1 aliphatic rings. The Kier molecular flexibility index (Phi) is 6.36. The number of nitrogens with zero attached hydrogens (tertiary/aromatic N) is 2. The average molecular weight is 476 g/mol. The molecule has 0 atom stereocenters. The number of amides is 1. The summed E-state index contributed by atoms with van der Waals surface area (Å²) in [5.41, 5.74) is 2.25. The molecule has 1 amide bonds. The molecule has 2 aromatic carbocycles. The number of nitrogens with two attached hydrogens (primary N) is 1. The molecular weight excluding hydrogens is 462 g/mol. The first-order valence-corrected chi connectivity index (χ1v) is 9.96. The Morgan fingerprint density at radius 1 is 1.36 bits per heavy atom. The van der Waals surface area contributed by atoms with E-state index in [0.717, 1.165) is 27.9 Å². The molecule has 1 saturated heterocycles. The second-order valence-electron chi connectivity index (χ2n) is 5.68. The highest BCUT2D eigenvalue weighted by Crippen LogP contribution is 2.39. The van der Waals surface area contributed by atoms with Crippen molar-refractivity contribution in [3.8, 4) is 17.6 Å². The molecule has 0 radical (unpaired) electrons. The minimum atomic E-state index is -0.341. The zero-order valence-corrected chi connectivity index (χ0v) is 17.9. The van der Waals surface area contributed by atoms with Crippen LogP contribution in [0.3, 0.4) is 0 Å². The molecule has 0 aromatic heterocycles. The third-order valence-corrected chi connectivity index (χ3v) is 5.76. The molecule has 2 aromatic rings. The Morgan fingerprint density at radius 2 is 2.07 bits per heavy atom. The number of benzene rings is 2. The highest BCUT2D eigenvalue weighted by atomic mass is 79.9. The van der Waals surface area contributed by atoms with Crippen molar-refractivity contribution in [3.05, 3.63) is 62.5 Å². The lowest BCUT2D eigenvalue weighted by Crippen LogP contribution is -2.34. The van der Waals surface area contributed by atoms with E-state index in [1.54, 1.807) is 31.4 Å². The fourth-order valence-electron chi connectivity index (χ4n) is 2.43. The number of thiocarbonyl (C=S) groups is 1. The first-order chi connectivity index (χ1) is 13.4. The highest BCUT2D eigenvalue weighted by molar-refractivity contribution is 9.10. The van der Waals surface area contributed by atoms with Crippen molar-refractivity contribution in [3.63, 3.8) is 0 Å². The van der Waals surface area contributed by atoms with E-state index in [4.69, 9.17) is 32.8 Å². The van der Waals surface area contributed by atoms with Gasteiger partial charge in [0.25, 0.3) is 5.91 Å². The highest BCUT2D eigenvalue weighted by Gasteiger charge is 2.29. The number of nitriles is 1. The number of methoxy groups -OCH3 is 1. The number of carbonyl (C=O) groups is 1. The smallest absolute Gasteiger partial charge is 0.280 e. The molecule has 28 heavy (non-hydrogen) atoms. The maximum Gasteiger partial charge on any atom is 0.280 e. The van der Waals surface area contributed by atoms with Crippen molar-refractivity contribution < 1.29 is 14.3 Å². The Morgan fingerprint density at radius 3 is 2.64 bits per heavy atom. The van der Waals surface area contributed by atoms with Crippen molar-refractivity contribution in [2.24, 2.45) is 5.84 Å². The van der Waals surface area contributed by atoms with Crippen LogP contribution in [0.25, 0.3) is 6.08 Å². The molecule has 2 N–H and O–H groups in total. The van der Waals surface area contributed by atoms with Gasteiger partial charge in [0, 0.05) is 0 Å². The van der Waals surface area contributed by atoms with E-state index in [1.807, 2.05) is 18.2 Å². The zero-order chi connectivity index (χ0) is 20.3. The van der Waals surface area contributed by atoms with Gasteiger partial charge in [0.15, 0.2) is 15.8 Å². The van der Waals surface area contributed by atoms with Crippen LogP contribution in [0, 0.1) is 11.3 Å². The van der Waals surface area contributed by atoms with Crippen molar-refractivity contribution in [1.82, 2.24) is 5.01 Å². The van der Waals surface area contributed by atoms with E-state index in [2.05, 4.69) is 22.0 Å². The first-order valence-electron chi connectivity index (χ1n) is 7.95. The van der Waals surface area contributed by atoms with Crippen molar-refractivity contribution in [2.75, 3.05) is 7.11 Å². The Hall–Kier alpha value is -2.38. The SMILES string of the molecule is COc1cc(/C=C2\SC(=S)N(N)C2=O)cc(Br)c1OCc1ccc(C#N)cc1. The molecule has 142 valence electrons. The first kappa shape index (κ1) is 20.4. The molecule has 0 spiro atoms. The van der Waals surface area contributed by atoms with Gasteiger partial charge < -0.3 is 9.47 Å². The predicted octanol–water partition coefficient (Wildman–Crippen LogP) is 3.98. The summed E-state index contributed by atoms with van der Waals surface area (Å²) in [4.78, 5) is 12.5. The summed E-state index contributed by atoms with van der Waals surface area (Å²) in [6, 6.07) is 12.8. The maximum absolute atomic E-state index is 12.1. The summed E-state index contributed by atoms with van der Waals surface area (Å²) in [6.07, 6.45) is 1.70. The second kappa shape index (κ2) is 8.75. The number of hydrogen-bond donors (Lipinski definition) is 1. The third-order valence-electron chi connectivity index (χ3n) is 3.84. The molecule has 1 heterocycles. The number of hydrazine groups is 1. The number of halogens is 1. The lowest BCUT2D eigenvalue weighted by molar-refractivity contribution is -0.122. The van der Waals surface area contributed by atoms with E-state index in [1.165, 1.54) is 0 Å². The molecule has 6 nitrogen and oxygen atoms in total. The summed E-state index contributed by atoms with van der Waals surface area (Å²) in [6.45, 7) is 0.311.